The van der Waals surface area contributed by atoms with Gasteiger partial charge in [0.25, 0.3) is 5.91 Å². The van der Waals surface area contributed by atoms with Crippen LogP contribution in [0.4, 0.5) is 8.78 Å². The highest BCUT2D eigenvalue weighted by molar-refractivity contribution is 5.94. The van der Waals surface area contributed by atoms with Gasteiger partial charge in [-0.25, -0.2) is 13.8 Å². The van der Waals surface area contributed by atoms with Gasteiger partial charge in [-0.15, -0.1) is 0 Å². The van der Waals surface area contributed by atoms with Crippen LogP contribution in [0.3, 0.4) is 0 Å². The smallest absolute Gasteiger partial charge is 0.306 e. The molecule has 1 heterocycles. The van der Waals surface area contributed by atoms with E-state index in [1.807, 2.05) is 30.3 Å². The van der Waals surface area contributed by atoms with Crippen molar-refractivity contribution >= 4 is 11.9 Å². The number of hydrogen-bond acceptors (Lipinski definition) is 5. The number of ether oxygens (including phenoxy) is 1. The summed E-state index contributed by atoms with van der Waals surface area (Å²) in [4.78, 5) is 27.9. The van der Waals surface area contributed by atoms with Crippen LogP contribution >= 0.6 is 0 Å². The topological polar surface area (TPSA) is 81.4 Å². The summed E-state index contributed by atoms with van der Waals surface area (Å²) in [6.07, 6.45) is 1.80. The molecule has 1 aromatic heterocycles. The fourth-order valence-corrected chi connectivity index (χ4v) is 2.52. The minimum absolute atomic E-state index is 0.0255. The van der Waals surface area contributed by atoms with Crippen LogP contribution in [-0.4, -0.2) is 23.4 Å². The number of esters is 1. The summed E-state index contributed by atoms with van der Waals surface area (Å²) in [5.41, 5.74) is 1.05. The van der Waals surface area contributed by atoms with E-state index in [9.17, 15) is 18.4 Å². The van der Waals surface area contributed by atoms with Crippen molar-refractivity contribution in [1.82, 2.24) is 10.3 Å². The standard InChI is InChI=1S/C21H18F2N2O4/c22-15-8-9-17(18(23)11-15)20(27)24-10-4-7-19(26)28-12-16-13-29-21(25-16)14-5-2-1-3-6-14/h1-3,5-6,8-9,11,13H,4,7,10,12H2,(H,24,27). The molecule has 0 spiro atoms. The first kappa shape index (κ1) is 20.2. The summed E-state index contributed by atoms with van der Waals surface area (Å²) in [5, 5.41) is 2.47. The molecule has 6 nitrogen and oxygen atoms in total. The second-order valence-electron chi connectivity index (χ2n) is 6.15. The number of rotatable bonds is 8. The van der Waals surface area contributed by atoms with Crippen molar-refractivity contribution in [3.05, 3.63) is 77.7 Å². The van der Waals surface area contributed by atoms with Crippen LogP contribution in [0, 0.1) is 11.6 Å². The van der Waals surface area contributed by atoms with Crippen LogP contribution in [-0.2, 0) is 16.1 Å². The number of benzene rings is 2. The second-order valence-corrected chi connectivity index (χ2v) is 6.15. The Hall–Kier alpha value is -3.55. The lowest BCUT2D eigenvalue weighted by Crippen LogP contribution is -2.26. The van der Waals surface area contributed by atoms with Crippen molar-refractivity contribution in [2.24, 2.45) is 0 Å². The minimum Gasteiger partial charge on any atom is -0.459 e. The number of amides is 1. The first-order valence-corrected chi connectivity index (χ1v) is 8.91. The summed E-state index contributed by atoms with van der Waals surface area (Å²) in [6, 6.07) is 12.0. The van der Waals surface area contributed by atoms with Gasteiger partial charge >= 0.3 is 5.97 Å². The Morgan fingerprint density at radius 3 is 2.66 bits per heavy atom. The van der Waals surface area contributed by atoms with Gasteiger partial charge in [-0.3, -0.25) is 9.59 Å². The average Bonchev–Trinajstić information content (AvgIpc) is 3.19. The Bertz CT molecular complexity index is 989. The molecule has 29 heavy (non-hydrogen) atoms. The van der Waals surface area contributed by atoms with Gasteiger partial charge in [-0.1, -0.05) is 18.2 Å². The predicted molar refractivity (Wildman–Crippen MR) is 99.7 cm³/mol. The molecule has 0 saturated heterocycles. The maximum atomic E-state index is 13.5. The monoisotopic (exact) mass is 400 g/mol. The maximum Gasteiger partial charge on any atom is 0.306 e. The number of nitrogens with zero attached hydrogens (tertiary/aromatic N) is 1. The van der Waals surface area contributed by atoms with Crippen molar-refractivity contribution < 1.29 is 27.5 Å². The third-order valence-electron chi connectivity index (χ3n) is 3.97. The summed E-state index contributed by atoms with van der Waals surface area (Å²) in [7, 11) is 0. The molecule has 0 unspecified atom stereocenters. The van der Waals surface area contributed by atoms with Crippen LogP contribution in [0.25, 0.3) is 11.5 Å². The molecule has 0 saturated carbocycles. The van der Waals surface area contributed by atoms with Gasteiger partial charge in [0.15, 0.2) is 0 Å². The lowest BCUT2D eigenvalue weighted by molar-refractivity contribution is -0.145. The number of oxazole rings is 1. The molecule has 150 valence electrons. The molecule has 0 aliphatic rings. The zero-order chi connectivity index (χ0) is 20.6. The molecule has 1 amide bonds. The Kier molecular flexibility index (Phi) is 6.67. The van der Waals surface area contributed by atoms with Gasteiger partial charge in [0.2, 0.25) is 5.89 Å². The molecule has 0 bridgehead atoms. The van der Waals surface area contributed by atoms with Gasteiger partial charge in [0.05, 0.1) is 5.56 Å². The van der Waals surface area contributed by atoms with Gasteiger partial charge in [0.1, 0.15) is 30.2 Å². The van der Waals surface area contributed by atoms with E-state index in [0.29, 0.717) is 24.1 Å². The van der Waals surface area contributed by atoms with Crippen molar-refractivity contribution in [3.8, 4) is 11.5 Å². The van der Waals surface area contributed by atoms with E-state index in [2.05, 4.69) is 10.3 Å². The Morgan fingerprint density at radius 1 is 1.10 bits per heavy atom. The molecule has 2 aromatic carbocycles. The Labute approximate surface area is 165 Å². The average molecular weight is 400 g/mol. The number of nitrogens with one attached hydrogen (secondary N) is 1. The molecule has 0 fully saturated rings. The predicted octanol–water partition coefficient (Wildman–Crippen LogP) is 3.87. The maximum absolute atomic E-state index is 13.5. The molecule has 8 heteroatoms. The Morgan fingerprint density at radius 2 is 1.90 bits per heavy atom. The summed E-state index contributed by atoms with van der Waals surface area (Å²) < 4.78 is 36.9. The zero-order valence-corrected chi connectivity index (χ0v) is 15.4. The fraction of sp³-hybridized carbons (Fsp3) is 0.190. The lowest BCUT2D eigenvalue weighted by Gasteiger charge is -2.06. The third-order valence-corrected chi connectivity index (χ3v) is 3.97. The number of carbonyl (C=O) groups excluding carboxylic acids is 2. The highest BCUT2D eigenvalue weighted by atomic mass is 19.1. The van der Waals surface area contributed by atoms with Crippen LogP contribution < -0.4 is 5.32 Å². The van der Waals surface area contributed by atoms with Crippen LogP contribution in [0.1, 0.15) is 28.9 Å². The first-order valence-electron chi connectivity index (χ1n) is 8.91. The van der Waals surface area contributed by atoms with Crippen molar-refractivity contribution in [2.45, 2.75) is 19.4 Å². The van der Waals surface area contributed by atoms with Gasteiger partial charge in [0, 0.05) is 24.6 Å². The molecule has 0 radical (unpaired) electrons. The first-order chi connectivity index (χ1) is 14.0. The van der Waals surface area contributed by atoms with Crippen molar-refractivity contribution in [2.75, 3.05) is 6.54 Å². The van der Waals surface area contributed by atoms with E-state index in [1.54, 1.807) is 0 Å². The van der Waals surface area contributed by atoms with E-state index in [1.165, 1.54) is 6.26 Å². The van der Waals surface area contributed by atoms with Crippen molar-refractivity contribution in [3.63, 3.8) is 0 Å². The van der Waals surface area contributed by atoms with E-state index in [0.717, 1.165) is 17.7 Å². The molecule has 1 N–H and O–H groups in total. The highest BCUT2D eigenvalue weighted by Crippen LogP contribution is 2.18. The molecule has 3 aromatic rings. The SMILES string of the molecule is O=C(CCCNC(=O)c1ccc(F)cc1F)OCc1coc(-c2ccccc2)n1. The quantitative estimate of drug-likeness (QED) is 0.459. The van der Waals surface area contributed by atoms with E-state index in [-0.39, 0.29) is 25.1 Å². The number of carbonyl (C=O) groups is 2. The van der Waals surface area contributed by atoms with E-state index < -0.39 is 23.5 Å². The van der Waals surface area contributed by atoms with Crippen LogP contribution in [0.15, 0.2) is 59.2 Å². The van der Waals surface area contributed by atoms with E-state index in [4.69, 9.17) is 9.15 Å². The third kappa shape index (κ3) is 5.71. The van der Waals surface area contributed by atoms with Crippen LogP contribution in [0.2, 0.25) is 0 Å². The normalized spacial score (nSPS) is 10.6. The van der Waals surface area contributed by atoms with Crippen molar-refractivity contribution in [1.29, 1.82) is 0 Å². The fourth-order valence-electron chi connectivity index (χ4n) is 2.52. The molecule has 3 rings (SSSR count). The van der Waals surface area contributed by atoms with Gasteiger partial charge in [-0.05, 0) is 30.7 Å². The highest BCUT2D eigenvalue weighted by Gasteiger charge is 2.13. The summed E-state index contributed by atoms with van der Waals surface area (Å²) >= 11 is 0. The molecule has 0 atom stereocenters. The molecular weight excluding hydrogens is 382 g/mol. The lowest BCUT2D eigenvalue weighted by atomic mass is 10.2. The number of halogens is 2. The zero-order valence-electron chi connectivity index (χ0n) is 15.4. The Balaban J connectivity index is 1.37. The molecule has 0 aliphatic heterocycles. The van der Waals surface area contributed by atoms with E-state index >= 15 is 0 Å². The molecule has 0 aliphatic carbocycles. The summed E-state index contributed by atoms with van der Waals surface area (Å²) in [6.45, 7) is 0.120. The van der Waals surface area contributed by atoms with Gasteiger partial charge < -0.3 is 14.5 Å². The number of aromatic nitrogens is 1. The summed E-state index contributed by atoms with van der Waals surface area (Å²) in [5.74, 6) is -2.40. The van der Waals surface area contributed by atoms with Gasteiger partial charge in [-0.2, -0.15) is 0 Å². The van der Waals surface area contributed by atoms with Crippen LogP contribution in [0.5, 0.6) is 0 Å². The largest absolute Gasteiger partial charge is 0.459 e. The minimum atomic E-state index is -0.940. The second kappa shape index (κ2) is 9.59. The number of hydrogen-bond donors (Lipinski definition) is 1. The molecular formula is C21H18F2N2O4.